The molecule has 1 unspecified atom stereocenters. The standard InChI is InChI=1S/C14H17N3S2/c1-2-4-15-10(8-14-16-5-6-17-14)12-9-13-11(19-12)3-7-18-13/h3,5-7,9-10,15H,2,4,8H2,1H3,(H,16,17). The Morgan fingerprint density at radius 1 is 1.42 bits per heavy atom. The zero-order valence-electron chi connectivity index (χ0n) is 10.8. The number of thiophene rings is 2. The maximum atomic E-state index is 4.34. The summed E-state index contributed by atoms with van der Waals surface area (Å²) in [6.07, 6.45) is 5.77. The summed E-state index contributed by atoms with van der Waals surface area (Å²) < 4.78 is 2.78. The molecule has 3 nitrogen and oxygen atoms in total. The maximum absolute atomic E-state index is 4.34. The van der Waals surface area contributed by atoms with Gasteiger partial charge in [-0.3, -0.25) is 0 Å². The quantitative estimate of drug-likeness (QED) is 0.721. The highest BCUT2D eigenvalue weighted by Gasteiger charge is 2.16. The summed E-state index contributed by atoms with van der Waals surface area (Å²) in [5.74, 6) is 1.05. The van der Waals surface area contributed by atoms with Crippen molar-refractivity contribution in [1.29, 1.82) is 0 Å². The van der Waals surface area contributed by atoms with Crippen LogP contribution in [0.25, 0.3) is 9.40 Å². The molecule has 0 saturated heterocycles. The molecule has 0 saturated carbocycles. The van der Waals surface area contributed by atoms with Crippen LogP contribution in [-0.4, -0.2) is 16.5 Å². The molecule has 0 amide bonds. The first-order valence-electron chi connectivity index (χ1n) is 6.55. The van der Waals surface area contributed by atoms with E-state index in [1.54, 1.807) is 0 Å². The fraction of sp³-hybridized carbons (Fsp3) is 0.357. The van der Waals surface area contributed by atoms with Crippen molar-refractivity contribution in [3.8, 4) is 0 Å². The number of hydrogen-bond acceptors (Lipinski definition) is 4. The van der Waals surface area contributed by atoms with Crippen molar-refractivity contribution in [3.05, 3.63) is 40.6 Å². The molecule has 0 aromatic carbocycles. The van der Waals surface area contributed by atoms with Gasteiger partial charge in [0, 0.05) is 39.1 Å². The largest absolute Gasteiger partial charge is 0.349 e. The van der Waals surface area contributed by atoms with E-state index in [-0.39, 0.29) is 0 Å². The Morgan fingerprint density at radius 2 is 2.37 bits per heavy atom. The number of H-pyrrole nitrogens is 1. The lowest BCUT2D eigenvalue weighted by Gasteiger charge is -2.15. The molecule has 1 atom stereocenters. The second-order valence-electron chi connectivity index (χ2n) is 4.54. The third-order valence-electron chi connectivity index (χ3n) is 3.09. The van der Waals surface area contributed by atoms with Crippen molar-refractivity contribution in [2.75, 3.05) is 6.54 Å². The molecule has 0 bridgehead atoms. The molecule has 0 aliphatic carbocycles. The van der Waals surface area contributed by atoms with Gasteiger partial charge in [0.05, 0.1) is 0 Å². The Hall–Kier alpha value is -1.17. The van der Waals surface area contributed by atoms with E-state index in [1.807, 2.05) is 35.1 Å². The first kappa shape index (κ1) is 12.8. The Kier molecular flexibility index (Phi) is 3.96. The number of aromatic nitrogens is 2. The van der Waals surface area contributed by atoms with Crippen molar-refractivity contribution in [3.63, 3.8) is 0 Å². The minimum Gasteiger partial charge on any atom is -0.349 e. The average molecular weight is 291 g/mol. The molecule has 2 N–H and O–H groups in total. The number of hydrogen-bond donors (Lipinski definition) is 2. The van der Waals surface area contributed by atoms with Gasteiger partial charge in [0.15, 0.2) is 0 Å². The van der Waals surface area contributed by atoms with Crippen LogP contribution in [0.4, 0.5) is 0 Å². The van der Waals surface area contributed by atoms with E-state index in [4.69, 9.17) is 0 Å². The second-order valence-corrected chi connectivity index (χ2v) is 6.61. The lowest BCUT2D eigenvalue weighted by molar-refractivity contribution is 0.527. The molecule has 0 spiro atoms. The number of nitrogens with zero attached hydrogens (tertiary/aromatic N) is 1. The van der Waals surface area contributed by atoms with Gasteiger partial charge in [0.2, 0.25) is 0 Å². The van der Waals surface area contributed by atoms with E-state index < -0.39 is 0 Å². The van der Waals surface area contributed by atoms with Crippen LogP contribution in [0.2, 0.25) is 0 Å². The van der Waals surface area contributed by atoms with Crippen LogP contribution >= 0.6 is 22.7 Å². The van der Waals surface area contributed by atoms with Crippen molar-refractivity contribution < 1.29 is 0 Å². The average Bonchev–Trinajstić information content (AvgIpc) is 3.09. The molecule has 0 aliphatic heterocycles. The van der Waals surface area contributed by atoms with Gasteiger partial charge in [-0.05, 0) is 30.5 Å². The summed E-state index contributed by atoms with van der Waals surface area (Å²) in [5, 5.41) is 5.79. The first-order valence-corrected chi connectivity index (χ1v) is 8.25. The van der Waals surface area contributed by atoms with Crippen LogP contribution in [0, 0.1) is 0 Å². The van der Waals surface area contributed by atoms with E-state index in [0.29, 0.717) is 6.04 Å². The Labute approximate surface area is 120 Å². The minimum atomic E-state index is 0.357. The monoisotopic (exact) mass is 291 g/mol. The van der Waals surface area contributed by atoms with Gasteiger partial charge in [-0.25, -0.2) is 4.98 Å². The van der Waals surface area contributed by atoms with E-state index >= 15 is 0 Å². The summed E-state index contributed by atoms with van der Waals surface area (Å²) in [5.41, 5.74) is 0. The molecule has 5 heteroatoms. The van der Waals surface area contributed by atoms with Crippen molar-refractivity contribution in [2.24, 2.45) is 0 Å². The van der Waals surface area contributed by atoms with Crippen LogP contribution in [0.5, 0.6) is 0 Å². The predicted octanol–water partition coefficient (Wildman–Crippen LogP) is 3.97. The van der Waals surface area contributed by atoms with Crippen LogP contribution in [-0.2, 0) is 6.42 Å². The Bertz CT molecular complexity index is 596. The van der Waals surface area contributed by atoms with Gasteiger partial charge >= 0.3 is 0 Å². The van der Waals surface area contributed by atoms with E-state index in [2.05, 4.69) is 39.7 Å². The van der Waals surface area contributed by atoms with Gasteiger partial charge in [0.1, 0.15) is 5.82 Å². The van der Waals surface area contributed by atoms with Crippen LogP contribution in [0.1, 0.15) is 30.1 Å². The molecular formula is C14H17N3S2. The number of aromatic amines is 1. The van der Waals surface area contributed by atoms with E-state index in [1.165, 1.54) is 14.3 Å². The molecule has 3 heterocycles. The normalized spacial score (nSPS) is 13.1. The van der Waals surface area contributed by atoms with Crippen molar-refractivity contribution in [1.82, 2.24) is 15.3 Å². The summed E-state index contributed by atoms with van der Waals surface area (Å²) in [6.45, 7) is 3.24. The van der Waals surface area contributed by atoms with Crippen molar-refractivity contribution in [2.45, 2.75) is 25.8 Å². The number of fused-ring (bicyclic) bond motifs is 1. The van der Waals surface area contributed by atoms with Gasteiger partial charge in [0.25, 0.3) is 0 Å². The highest BCUT2D eigenvalue weighted by atomic mass is 32.1. The summed E-state index contributed by atoms with van der Waals surface area (Å²) >= 11 is 3.71. The van der Waals surface area contributed by atoms with Gasteiger partial charge in [-0.1, -0.05) is 6.92 Å². The Balaban J connectivity index is 1.83. The third-order valence-corrected chi connectivity index (χ3v) is 5.30. The molecular weight excluding hydrogens is 274 g/mol. The zero-order chi connectivity index (χ0) is 13.1. The van der Waals surface area contributed by atoms with Gasteiger partial charge < -0.3 is 10.3 Å². The highest BCUT2D eigenvalue weighted by Crippen LogP contribution is 2.34. The summed E-state index contributed by atoms with van der Waals surface area (Å²) in [4.78, 5) is 8.95. The van der Waals surface area contributed by atoms with Crippen LogP contribution in [0.15, 0.2) is 29.9 Å². The topological polar surface area (TPSA) is 40.7 Å². The molecule has 0 aliphatic rings. The SMILES string of the molecule is CCCNC(Cc1ncc[nH]1)c1cc2sccc2s1. The maximum Gasteiger partial charge on any atom is 0.107 e. The fourth-order valence-corrected chi connectivity index (χ4v) is 4.35. The molecule has 0 fully saturated rings. The van der Waals surface area contributed by atoms with Crippen molar-refractivity contribution >= 4 is 32.1 Å². The summed E-state index contributed by atoms with van der Waals surface area (Å²) in [7, 11) is 0. The highest BCUT2D eigenvalue weighted by molar-refractivity contribution is 7.26. The van der Waals surface area contributed by atoms with Gasteiger partial charge in [-0.15, -0.1) is 22.7 Å². The van der Waals surface area contributed by atoms with E-state index in [9.17, 15) is 0 Å². The summed E-state index contributed by atoms with van der Waals surface area (Å²) in [6, 6.07) is 4.88. The lowest BCUT2D eigenvalue weighted by atomic mass is 10.1. The lowest BCUT2D eigenvalue weighted by Crippen LogP contribution is -2.23. The number of rotatable bonds is 6. The number of imidazole rings is 1. The second kappa shape index (κ2) is 5.86. The minimum absolute atomic E-state index is 0.357. The molecule has 3 rings (SSSR count). The molecule has 3 aromatic heterocycles. The fourth-order valence-electron chi connectivity index (χ4n) is 2.15. The molecule has 19 heavy (non-hydrogen) atoms. The molecule has 100 valence electrons. The van der Waals surface area contributed by atoms with Crippen LogP contribution < -0.4 is 5.32 Å². The smallest absolute Gasteiger partial charge is 0.107 e. The molecule has 3 aromatic rings. The molecule has 0 radical (unpaired) electrons. The Morgan fingerprint density at radius 3 is 3.11 bits per heavy atom. The third kappa shape index (κ3) is 2.88. The first-order chi connectivity index (χ1) is 9.36. The predicted molar refractivity (Wildman–Crippen MR) is 83.0 cm³/mol. The number of nitrogens with one attached hydrogen (secondary N) is 2. The van der Waals surface area contributed by atoms with E-state index in [0.717, 1.165) is 25.2 Å². The van der Waals surface area contributed by atoms with Crippen LogP contribution in [0.3, 0.4) is 0 Å². The van der Waals surface area contributed by atoms with Gasteiger partial charge in [-0.2, -0.15) is 0 Å². The zero-order valence-corrected chi connectivity index (χ0v) is 12.5.